The van der Waals surface area contributed by atoms with E-state index in [9.17, 15) is 23.2 Å². The summed E-state index contributed by atoms with van der Waals surface area (Å²) in [5.74, 6) is -3.19. The summed E-state index contributed by atoms with van der Waals surface area (Å²) < 4.78 is 28.7. The number of hydrogen-bond donors (Lipinski definition) is 2. The molecule has 0 saturated carbocycles. The van der Waals surface area contributed by atoms with Gasteiger partial charge in [-0.05, 0) is 55.3 Å². The Bertz CT molecular complexity index is 1170. The molecular formula is C24H23F2N5O3. The highest BCUT2D eigenvalue weighted by molar-refractivity contribution is 5.96. The molecule has 0 unspecified atom stereocenters. The maximum absolute atomic E-state index is 13.9. The lowest BCUT2D eigenvalue weighted by atomic mass is 9.95. The van der Waals surface area contributed by atoms with Gasteiger partial charge in [-0.15, -0.1) is 0 Å². The number of halogens is 2. The summed E-state index contributed by atoms with van der Waals surface area (Å²) in [6.07, 6.45) is 4.25. The quantitative estimate of drug-likeness (QED) is 0.583. The van der Waals surface area contributed by atoms with Gasteiger partial charge in [0.25, 0.3) is 5.91 Å². The van der Waals surface area contributed by atoms with Crippen molar-refractivity contribution in [1.29, 1.82) is 0 Å². The number of hydrogen-bond acceptors (Lipinski definition) is 4. The van der Waals surface area contributed by atoms with Crippen molar-refractivity contribution in [1.82, 2.24) is 20.0 Å². The van der Waals surface area contributed by atoms with E-state index in [0.29, 0.717) is 24.6 Å². The molecule has 0 bridgehead atoms. The van der Waals surface area contributed by atoms with Crippen molar-refractivity contribution in [2.75, 3.05) is 25.0 Å². The second-order valence-corrected chi connectivity index (χ2v) is 7.95. The molecule has 34 heavy (non-hydrogen) atoms. The fourth-order valence-electron chi connectivity index (χ4n) is 3.81. The lowest BCUT2D eigenvalue weighted by molar-refractivity contribution is -0.128. The third-order valence-electron chi connectivity index (χ3n) is 5.66. The minimum absolute atomic E-state index is 0.181. The molecule has 3 aromatic rings. The van der Waals surface area contributed by atoms with Crippen molar-refractivity contribution in [3.63, 3.8) is 0 Å². The van der Waals surface area contributed by atoms with Crippen molar-refractivity contribution in [3.8, 4) is 5.69 Å². The third kappa shape index (κ3) is 5.45. The number of amides is 3. The number of carbonyl (C=O) groups is 3. The van der Waals surface area contributed by atoms with Crippen molar-refractivity contribution >= 4 is 23.4 Å². The van der Waals surface area contributed by atoms with Crippen molar-refractivity contribution < 1.29 is 23.2 Å². The molecule has 2 aromatic carbocycles. The van der Waals surface area contributed by atoms with E-state index in [1.54, 1.807) is 23.0 Å². The van der Waals surface area contributed by atoms with E-state index in [2.05, 4.69) is 15.7 Å². The number of aromatic nitrogens is 2. The predicted molar refractivity (Wildman–Crippen MR) is 120 cm³/mol. The van der Waals surface area contributed by atoms with E-state index >= 15 is 0 Å². The number of carbonyl (C=O) groups excluding carboxylic acids is 3. The molecule has 0 radical (unpaired) electrons. The highest BCUT2D eigenvalue weighted by atomic mass is 19.1. The van der Waals surface area contributed by atoms with Gasteiger partial charge in [0.2, 0.25) is 11.8 Å². The normalized spacial score (nSPS) is 14.0. The number of piperidine rings is 1. The van der Waals surface area contributed by atoms with Gasteiger partial charge in [0.05, 0.1) is 17.8 Å². The summed E-state index contributed by atoms with van der Waals surface area (Å²) in [4.78, 5) is 38.6. The van der Waals surface area contributed by atoms with Crippen LogP contribution in [0.3, 0.4) is 0 Å². The van der Waals surface area contributed by atoms with E-state index in [0.717, 1.165) is 17.8 Å². The Balaban J connectivity index is 1.22. The van der Waals surface area contributed by atoms with Gasteiger partial charge in [0.1, 0.15) is 11.6 Å². The van der Waals surface area contributed by atoms with E-state index < -0.39 is 17.5 Å². The van der Waals surface area contributed by atoms with Crippen molar-refractivity contribution in [3.05, 3.63) is 78.1 Å². The standard InChI is InChI=1S/C24H23F2N5O3/c25-17-2-7-20(21(26)14-17)24(34)30-12-8-16(9-13-30)23(33)27-15-22(32)29-18-3-5-19(6-4-18)31-11-1-10-28-31/h1-7,10-11,14,16H,8-9,12-13,15H2,(H,27,33)(H,29,32). The monoisotopic (exact) mass is 467 g/mol. The molecule has 4 rings (SSSR count). The van der Waals surface area contributed by atoms with Crippen LogP contribution in [0.25, 0.3) is 5.69 Å². The van der Waals surface area contributed by atoms with Crippen LogP contribution < -0.4 is 10.6 Å². The first-order valence-corrected chi connectivity index (χ1v) is 10.8. The van der Waals surface area contributed by atoms with E-state index in [1.165, 1.54) is 4.90 Å². The van der Waals surface area contributed by atoms with E-state index in [4.69, 9.17) is 0 Å². The molecule has 0 aliphatic carbocycles. The Morgan fingerprint density at radius 3 is 2.41 bits per heavy atom. The SMILES string of the molecule is O=C(CNC(=O)C1CCN(C(=O)c2ccc(F)cc2F)CC1)Nc1ccc(-n2cccn2)cc1. The number of benzene rings is 2. The van der Waals surface area contributed by atoms with Crippen LogP contribution in [0.2, 0.25) is 0 Å². The predicted octanol–water partition coefficient (Wildman–Crippen LogP) is 2.76. The molecule has 10 heteroatoms. The first-order valence-electron chi connectivity index (χ1n) is 10.8. The summed E-state index contributed by atoms with van der Waals surface area (Å²) >= 11 is 0. The summed E-state index contributed by atoms with van der Waals surface area (Å²) in [7, 11) is 0. The minimum atomic E-state index is -0.910. The van der Waals surface area contributed by atoms with Crippen molar-refractivity contribution in [2.45, 2.75) is 12.8 Å². The van der Waals surface area contributed by atoms with Gasteiger partial charge in [0, 0.05) is 43.2 Å². The maximum Gasteiger partial charge on any atom is 0.256 e. The molecular weight excluding hydrogens is 444 g/mol. The molecule has 1 aromatic heterocycles. The van der Waals surface area contributed by atoms with Crippen LogP contribution in [0.1, 0.15) is 23.2 Å². The number of anilines is 1. The Labute approximate surface area is 194 Å². The zero-order valence-electron chi connectivity index (χ0n) is 18.2. The Kier molecular flexibility index (Phi) is 6.95. The summed E-state index contributed by atoms with van der Waals surface area (Å²) in [6, 6.07) is 11.8. The minimum Gasteiger partial charge on any atom is -0.347 e. The Hall–Kier alpha value is -4.08. The molecule has 176 valence electrons. The summed E-state index contributed by atoms with van der Waals surface area (Å²) in [5, 5.41) is 9.49. The smallest absolute Gasteiger partial charge is 0.256 e. The maximum atomic E-state index is 13.9. The van der Waals surface area contributed by atoms with Gasteiger partial charge in [-0.1, -0.05) is 0 Å². The molecule has 1 saturated heterocycles. The Morgan fingerprint density at radius 1 is 1.03 bits per heavy atom. The summed E-state index contributed by atoms with van der Waals surface area (Å²) in [5.41, 5.74) is 1.25. The van der Waals surface area contributed by atoms with Crippen LogP contribution in [0.15, 0.2) is 60.9 Å². The van der Waals surface area contributed by atoms with Crippen LogP contribution in [-0.2, 0) is 9.59 Å². The van der Waals surface area contributed by atoms with Gasteiger partial charge in [-0.25, -0.2) is 13.5 Å². The van der Waals surface area contributed by atoms with Crippen LogP contribution in [0, 0.1) is 17.6 Å². The van der Waals surface area contributed by atoms with Crippen LogP contribution in [0.4, 0.5) is 14.5 Å². The molecule has 1 aliphatic rings. The van der Waals surface area contributed by atoms with Gasteiger partial charge < -0.3 is 15.5 Å². The third-order valence-corrected chi connectivity index (χ3v) is 5.66. The molecule has 0 spiro atoms. The fourth-order valence-corrected chi connectivity index (χ4v) is 3.81. The van der Waals surface area contributed by atoms with Gasteiger partial charge in [-0.3, -0.25) is 14.4 Å². The lowest BCUT2D eigenvalue weighted by Crippen LogP contribution is -2.44. The first kappa shape index (κ1) is 23.1. The second kappa shape index (κ2) is 10.2. The number of likely N-dealkylation sites (tertiary alicyclic amines) is 1. The van der Waals surface area contributed by atoms with E-state index in [-0.39, 0.29) is 42.9 Å². The topological polar surface area (TPSA) is 96.3 Å². The second-order valence-electron chi connectivity index (χ2n) is 7.95. The first-order chi connectivity index (χ1) is 16.4. The zero-order chi connectivity index (χ0) is 24.1. The van der Waals surface area contributed by atoms with Crippen molar-refractivity contribution in [2.24, 2.45) is 5.92 Å². The molecule has 0 atom stereocenters. The Morgan fingerprint density at radius 2 is 1.76 bits per heavy atom. The van der Waals surface area contributed by atoms with Gasteiger partial charge >= 0.3 is 0 Å². The number of nitrogens with one attached hydrogen (secondary N) is 2. The van der Waals surface area contributed by atoms with Gasteiger partial charge in [0.15, 0.2) is 0 Å². The fraction of sp³-hybridized carbons (Fsp3) is 0.250. The van der Waals surface area contributed by atoms with Crippen LogP contribution in [-0.4, -0.2) is 52.0 Å². The van der Waals surface area contributed by atoms with E-state index in [1.807, 2.05) is 24.4 Å². The molecule has 3 amide bonds. The highest BCUT2D eigenvalue weighted by Crippen LogP contribution is 2.21. The summed E-state index contributed by atoms with van der Waals surface area (Å²) in [6.45, 7) is 0.352. The largest absolute Gasteiger partial charge is 0.347 e. The van der Waals surface area contributed by atoms with Crippen LogP contribution in [0.5, 0.6) is 0 Å². The lowest BCUT2D eigenvalue weighted by Gasteiger charge is -2.31. The average molecular weight is 467 g/mol. The molecule has 8 nitrogen and oxygen atoms in total. The highest BCUT2D eigenvalue weighted by Gasteiger charge is 2.29. The zero-order valence-corrected chi connectivity index (χ0v) is 18.2. The van der Waals surface area contributed by atoms with Crippen LogP contribution >= 0.6 is 0 Å². The number of nitrogens with zero attached hydrogens (tertiary/aromatic N) is 3. The molecule has 1 aliphatic heterocycles. The van der Waals surface area contributed by atoms with Gasteiger partial charge in [-0.2, -0.15) is 5.10 Å². The molecule has 1 fully saturated rings. The molecule has 2 N–H and O–H groups in total. The molecule has 2 heterocycles. The average Bonchev–Trinajstić information content (AvgIpc) is 3.38. The number of rotatable bonds is 6.